The van der Waals surface area contributed by atoms with E-state index in [0.717, 1.165) is 28.3 Å². The van der Waals surface area contributed by atoms with Crippen molar-refractivity contribution in [3.05, 3.63) is 52.0 Å². The number of fused-ring (bicyclic) bond motifs is 1. The van der Waals surface area contributed by atoms with Crippen LogP contribution >= 0.6 is 35.0 Å². The van der Waals surface area contributed by atoms with E-state index in [1.54, 1.807) is 30.0 Å². The van der Waals surface area contributed by atoms with Crippen LogP contribution in [-0.2, 0) is 16.0 Å². The summed E-state index contributed by atoms with van der Waals surface area (Å²) < 4.78 is 0. The number of anilines is 2. The number of carbonyl (C=O) groups excluding carboxylic acids is 2. The fourth-order valence-electron chi connectivity index (χ4n) is 2.73. The third kappa shape index (κ3) is 4.29. The van der Waals surface area contributed by atoms with E-state index >= 15 is 0 Å². The van der Waals surface area contributed by atoms with Gasteiger partial charge in [0.25, 0.3) is 0 Å². The summed E-state index contributed by atoms with van der Waals surface area (Å²) in [6.07, 6.45) is 0.797. The first-order valence-electron chi connectivity index (χ1n) is 7.73. The van der Waals surface area contributed by atoms with Gasteiger partial charge in [-0.3, -0.25) is 9.59 Å². The molecule has 1 aliphatic heterocycles. The number of thioether (sulfide) groups is 1. The topological polar surface area (TPSA) is 49.4 Å². The molecule has 0 radical (unpaired) electrons. The van der Waals surface area contributed by atoms with Gasteiger partial charge >= 0.3 is 0 Å². The Morgan fingerprint density at radius 3 is 2.76 bits per heavy atom. The highest BCUT2D eigenvalue weighted by molar-refractivity contribution is 8.00. The molecular formula is C18H16Cl2N2O2S. The number of amides is 2. The van der Waals surface area contributed by atoms with E-state index in [-0.39, 0.29) is 17.6 Å². The average molecular weight is 395 g/mol. The fourth-order valence-corrected chi connectivity index (χ4v) is 4.03. The first kappa shape index (κ1) is 18.1. The van der Waals surface area contributed by atoms with Gasteiger partial charge in [-0.15, -0.1) is 11.8 Å². The second kappa shape index (κ2) is 7.68. The lowest BCUT2D eigenvalue weighted by molar-refractivity contribution is -0.116. The van der Waals surface area contributed by atoms with Crippen LogP contribution in [0.3, 0.4) is 0 Å². The Kier molecular flexibility index (Phi) is 5.57. The number of halogens is 2. The molecule has 130 valence electrons. The lowest BCUT2D eigenvalue weighted by Gasteiger charge is -2.15. The molecule has 1 heterocycles. The molecule has 0 aliphatic carbocycles. The highest BCUT2D eigenvalue weighted by Gasteiger charge is 2.22. The smallest absolute Gasteiger partial charge is 0.234 e. The molecule has 4 nitrogen and oxygen atoms in total. The van der Waals surface area contributed by atoms with Crippen LogP contribution in [0.5, 0.6) is 0 Å². The van der Waals surface area contributed by atoms with Gasteiger partial charge in [-0.25, -0.2) is 0 Å². The van der Waals surface area contributed by atoms with Gasteiger partial charge in [0.15, 0.2) is 0 Å². The van der Waals surface area contributed by atoms with Crippen molar-refractivity contribution in [2.75, 3.05) is 22.5 Å². The average Bonchev–Trinajstić information content (AvgIpc) is 2.99. The number of hydrogen-bond acceptors (Lipinski definition) is 3. The normalized spacial score (nSPS) is 12.8. The Balaban J connectivity index is 1.62. The Morgan fingerprint density at radius 2 is 2.00 bits per heavy atom. The molecule has 1 N–H and O–H groups in total. The van der Waals surface area contributed by atoms with Crippen LogP contribution in [0.15, 0.2) is 41.3 Å². The molecule has 25 heavy (non-hydrogen) atoms. The van der Waals surface area contributed by atoms with E-state index in [1.807, 2.05) is 18.2 Å². The zero-order valence-corrected chi connectivity index (χ0v) is 15.8. The summed E-state index contributed by atoms with van der Waals surface area (Å²) >= 11 is 13.4. The van der Waals surface area contributed by atoms with E-state index in [0.29, 0.717) is 16.6 Å². The Labute approximate surface area is 160 Å². The molecule has 0 bridgehead atoms. The van der Waals surface area contributed by atoms with Crippen molar-refractivity contribution in [3.63, 3.8) is 0 Å². The molecule has 0 saturated heterocycles. The van der Waals surface area contributed by atoms with Gasteiger partial charge in [-0.1, -0.05) is 23.2 Å². The van der Waals surface area contributed by atoms with Gasteiger partial charge in [-0.05, 0) is 48.4 Å². The lowest BCUT2D eigenvalue weighted by Crippen LogP contribution is -2.25. The lowest BCUT2D eigenvalue weighted by atomic mass is 10.1. The Morgan fingerprint density at radius 1 is 1.20 bits per heavy atom. The largest absolute Gasteiger partial charge is 0.325 e. The molecule has 7 heteroatoms. The van der Waals surface area contributed by atoms with Crippen LogP contribution in [0.4, 0.5) is 11.4 Å². The molecule has 0 atom stereocenters. The van der Waals surface area contributed by atoms with Crippen LogP contribution in [0, 0.1) is 0 Å². The monoisotopic (exact) mass is 394 g/mol. The SMILES string of the molecule is CC(=O)N1CCc2cc(NC(=O)CSc3cc(Cl)ccc3Cl)ccc21. The number of carbonyl (C=O) groups is 2. The minimum Gasteiger partial charge on any atom is -0.325 e. The number of rotatable bonds is 4. The summed E-state index contributed by atoms with van der Waals surface area (Å²) in [7, 11) is 0. The standard InChI is InChI=1S/C18H16Cl2N2O2S/c1-11(23)22-7-6-12-8-14(3-5-16(12)22)21-18(24)10-25-17-9-13(19)2-4-15(17)20/h2-5,8-9H,6-7,10H2,1H3,(H,21,24). The summed E-state index contributed by atoms with van der Waals surface area (Å²) in [6, 6.07) is 10.8. The summed E-state index contributed by atoms with van der Waals surface area (Å²) in [5.41, 5.74) is 2.72. The van der Waals surface area contributed by atoms with Gasteiger partial charge in [0.1, 0.15) is 0 Å². The van der Waals surface area contributed by atoms with Gasteiger partial charge in [0, 0.05) is 34.8 Å². The predicted molar refractivity (Wildman–Crippen MR) is 104 cm³/mol. The van der Waals surface area contributed by atoms with Crippen molar-refractivity contribution in [3.8, 4) is 0 Å². The molecule has 0 aromatic heterocycles. The van der Waals surface area contributed by atoms with E-state index < -0.39 is 0 Å². The molecule has 2 aromatic rings. The maximum absolute atomic E-state index is 12.2. The summed E-state index contributed by atoms with van der Waals surface area (Å²) in [6.45, 7) is 2.24. The minimum atomic E-state index is -0.123. The summed E-state index contributed by atoms with van der Waals surface area (Å²) in [5.74, 6) is 0.143. The zero-order valence-electron chi connectivity index (χ0n) is 13.5. The Bertz CT molecular complexity index is 842. The maximum atomic E-state index is 12.2. The molecular weight excluding hydrogens is 379 g/mol. The molecule has 0 spiro atoms. The van der Waals surface area contributed by atoms with Crippen LogP contribution in [0.1, 0.15) is 12.5 Å². The highest BCUT2D eigenvalue weighted by Crippen LogP contribution is 2.32. The molecule has 2 amide bonds. The van der Waals surface area contributed by atoms with Gasteiger partial charge in [0.05, 0.1) is 10.8 Å². The quantitative estimate of drug-likeness (QED) is 0.768. The third-order valence-corrected chi connectivity index (χ3v) is 5.62. The summed E-state index contributed by atoms with van der Waals surface area (Å²) in [4.78, 5) is 26.3. The molecule has 0 saturated carbocycles. The second-order valence-corrected chi connectivity index (χ2v) is 7.54. The van der Waals surface area contributed by atoms with Crippen LogP contribution < -0.4 is 10.2 Å². The van der Waals surface area contributed by atoms with Crippen LogP contribution in [0.25, 0.3) is 0 Å². The van der Waals surface area contributed by atoms with E-state index in [2.05, 4.69) is 5.32 Å². The highest BCUT2D eigenvalue weighted by atomic mass is 35.5. The van der Waals surface area contributed by atoms with Gasteiger partial charge in [0.2, 0.25) is 11.8 Å². The minimum absolute atomic E-state index is 0.0327. The number of nitrogens with zero attached hydrogens (tertiary/aromatic N) is 1. The first-order valence-corrected chi connectivity index (χ1v) is 9.47. The third-order valence-electron chi connectivity index (χ3n) is 3.89. The molecule has 0 fully saturated rings. The van der Waals surface area contributed by atoms with Crippen LogP contribution in [0.2, 0.25) is 10.0 Å². The zero-order chi connectivity index (χ0) is 18.0. The van der Waals surface area contributed by atoms with Gasteiger partial charge in [-0.2, -0.15) is 0 Å². The molecule has 0 unspecified atom stereocenters. The van der Waals surface area contributed by atoms with Crippen molar-refractivity contribution < 1.29 is 9.59 Å². The maximum Gasteiger partial charge on any atom is 0.234 e. The molecule has 2 aromatic carbocycles. The van der Waals surface area contributed by atoms with Crippen molar-refractivity contribution in [1.82, 2.24) is 0 Å². The second-order valence-electron chi connectivity index (χ2n) is 5.68. The van der Waals surface area contributed by atoms with Gasteiger partial charge < -0.3 is 10.2 Å². The van der Waals surface area contributed by atoms with E-state index in [9.17, 15) is 9.59 Å². The number of benzene rings is 2. The van der Waals surface area contributed by atoms with Crippen molar-refractivity contribution in [1.29, 1.82) is 0 Å². The fraction of sp³-hybridized carbons (Fsp3) is 0.222. The van der Waals surface area contributed by atoms with Crippen LogP contribution in [-0.4, -0.2) is 24.1 Å². The number of hydrogen-bond donors (Lipinski definition) is 1. The van der Waals surface area contributed by atoms with E-state index in [1.165, 1.54) is 11.8 Å². The number of nitrogens with one attached hydrogen (secondary N) is 1. The molecule has 1 aliphatic rings. The van der Waals surface area contributed by atoms with Crippen molar-refractivity contribution in [2.45, 2.75) is 18.2 Å². The predicted octanol–water partition coefficient (Wildman–Crippen LogP) is 4.63. The molecule has 3 rings (SSSR count). The van der Waals surface area contributed by atoms with E-state index in [4.69, 9.17) is 23.2 Å². The van der Waals surface area contributed by atoms with Crippen molar-refractivity contribution in [2.24, 2.45) is 0 Å². The first-order chi connectivity index (χ1) is 11.9. The Hall–Kier alpha value is -1.69. The van der Waals surface area contributed by atoms with Crippen molar-refractivity contribution >= 4 is 58.2 Å². The summed E-state index contributed by atoms with van der Waals surface area (Å²) in [5, 5.41) is 4.04.